The highest BCUT2D eigenvalue weighted by Crippen LogP contribution is 2.48. The van der Waals surface area contributed by atoms with Gasteiger partial charge >= 0.3 is 0 Å². The first-order valence-corrected chi connectivity index (χ1v) is 9.45. The topological polar surface area (TPSA) is 64.3 Å². The monoisotopic (exact) mass is 386 g/mol. The van der Waals surface area contributed by atoms with E-state index >= 15 is 0 Å². The Hall–Kier alpha value is -2.04. The summed E-state index contributed by atoms with van der Waals surface area (Å²) in [6.07, 6.45) is 3.44. The van der Waals surface area contributed by atoms with Crippen LogP contribution in [0.25, 0.3) is 0 Å². The van der Waals surface area contributed by atoms with Crippen molar-refractivity contribution in [1.82, 2.24) is 0 Å². The van der Waals surface area contributed by atoms with Crippen LogP contribution in [0.2, 0.25) is 0 Å². The molecule has 2 fully saturated rings. The summed E-state index contributed by atoms with van der Waals surface area (Å²) in [7, 11) is 0. The lowest BCUT2D eigenvalue weighted by molar-refractivity contribution is -0.121. The Kier molecular flexibility index (Phi) is 6.08. The molecule has 2 saturated carbocycles. The first kappa shape index (κ1) is 19.7. The standard InChI is InChI=1S/C22H26N2O2.ClH/c1-14-11-18(26-13-15-5-3-2-4-6-15)9-10-19(14)24-22(25)20-16-7-8-17(12-16)21(20)23;/h2-6,9-11,16-17,20-21H,7-8,12-13,23H2,1H3,(H,24,25);1H. The van der Waals surface area contributed by atoms with E-state index in [0.717, 1.165) is 35.4 Å². The number of carbonyl (C=O) groups excluding carboxylic acids is 1. The van der Waals surface area contributed by atoms with Crippen molar-refractivity contribution in [2.24, 2.45) is 23.5 Å². The molecule has 0 saturated heterocycles. The Bertz CT molecular complexity index is 794. The molecule has 0 aliphatic heterocycles. The number of carbonyl (C=O) groups is 1. The molecular formula is C22H27ClN2O2. The smallest absolute Gasteiger partial charge is 0.229 e. The molecule has 0 heterocycles. The largest absolute Gasteiger partial charge is 0.489 e. The molecule has 0 aromatic heterocycles. The van der Waals surface area contributed by atoms with Crippen LogP contribution in [0.1, 0.15) is 30.4 Å². The lowest BCUT2D eigenvalue weighted by Gasteiger charge is -2.27. The van der Waals surface area contributed by atoms with E-state index in [1.165, 1.54) is 6.42 Å². The quantitative estimate of drug-likeness (QED) is 0.804. The molecule has 4 rings (SSSR count). The molecule has 2 aromatic rings. The molecule has 4 nitrogen and oxygen atoms in total. The highest BCUT2D eigenvalue weighted by Gasteiger charge is 2.49. The SMILES string of the molecule is Cc1cc(OCc2ccccc2)ccc1NC(=O)C1C2CCC(C2)C1N.Cl. The van der Waals surface area contributed by atoms with Crippen LogP contribution in [-0.2, 0) is 11.4 Å². The van der Waals surface area contributed by atoms with Crippen molar-refractivity contribution in [3.05, 3.63) is 59.7 Å². The third kappa shape index (κ3) is 4.12. The minimum absolute atomic E-state index is 0. The fraction of sp³-hybridized carbons (Fsp3) is 0.409. The third-order valence-corrected chi connectivity index (χ3v) is 5.99. The molecule has 3 N–H and O–H groups in total. The van der Waals surface area contributed by atoms with Gasteiger partial charge in [-0.15, -0.1) is 12.4 Å². The molecular weight excluding hydrogens is 360 g/mol. The summed E-state index contributed by atoms with van der Waals surface area (Å²) in [5.41, 5.74) is 9.27. The Morgan fingerprint density at radius 2 is 1.89 bits per heavy atom. The van der Waals surface area contributed by atoms with Gasteiger partial charge in [-0.2, -0.15) is 0 Å². The number of hydrogen-bond acceptors (Lipinski definition) is 3. The minimum Gasteiger partial charge on any atom is -0.489 e. The molecule has 144 valence electrons. The zero-order valence-electron chi connectivity index (χ0n) is 15.6. The van der Waals surface area contributed by atoms with Gasteiger partial charge in [0.25, 0.3) is 0 Å². The maximum Gasteiger partial charge on any atom is 0.229 e. The number of nitrogens with one attached hydrogen (secondary N) is 1. The second-order valence-electron chi connectivity index (χ2n) is 7.68. The van der Waals surface area contributed by atoms with Crippen LogP contribution in [0.5, 0.6) is 5.75 Å². The van der Waals surface area contributed by atoms with E-state index in [9.17, 15) is 4.79 Å². The maximum absolute atomic E-state index is 12.7. The first-order valence-electron chi connectivity index (χ1n) is 9.45. The number of amides is 1. The lowest BCUT2D eigenvalue weighted by atomic mass is 9.84. The van der Waals surface area contributed by atoms with Crippen LogP contribution in [0.3, 0.4) is 0 Å². The van der Waals surface area contributed by atoms with Gasteiger partial charge in [-0.3, -0.25) is 4.79 Å². The average Bonchev–Trinajstić information content (AvgIpc) is 3.24. The van der Waals surface area contributed by atoms with E-state index in [1.54, 1.807) is 0 Å². The summed E-state index contributed by atoms with van der Waals surface area (Å²) in [5, 5.41) is 3.09. The van der Waals surface area contributed by atoms with E-state index in [2.05, 4.69) is 5.32 Å². The molecule has 4 atom stereocenters. The Balaban J connectivity index is 0.00000210. The predicted molar refractivity (Wildman–Crippen MR) is 110 cm³/mol. The van der Waals surface area contributed by atoms with Crippen molar-refractivity contribution < 1.29 is 9.53 Å². The van der Waals surface area contributed by atoms with Crippen LogP contribution in [-0.4, -0.2) is 11.9 Å². The predicted octanol–water partition coefficient (Wildman–Crippen LogP) is 4.31. The fourth-order valence-electron chi connectivity index (χ4n) is 4.55. The summed E-state index contributed by atoms with van der Waals surface area (Å²) >= 11 is 0. The Morgan fingerprint density at radius 1 is 1.15 bits per heavy atom. The average molecular weight is 387 g/mol. The lowest BCUT2D eigenvalue weighted by Crippen LogP contribution is -2.42. The van der Waals surface area contributed by atoms with Gasteiger partial charge in [0, 0.05) is 11.7 Å². The number of ether oxygens (including phenoxy) is 1. The number of halogens is 1. The van der Waals surface area contributed by atoms with Crippen molar-refractivity contribution in [2.45, 2.75) is 38.8 Å². The van der Waals surface area contributed by atoms with Gasteiger partial charge < -0.3 is 15.8 Å². The van der Waals surface area contributed by atoms with E-state index < -0.39 is 0 Å². The Morgan fingerprint density at radius 3 is 2.56 bits per heavy atom. The zero-order chi connectivity index (χ0) is 18.1. The van der Waals surface area contributed by atoms with Crippen LogP contribution in [0, 0.1) is 24.7 Å². The van der Waals surface area contributed by atoms with Crippen LogP contribution >= 0.6 is 12.4 Å². The molecule has 4 unspecified atom stereocenters. The molecule has 2 aliphatic rings. The van der Waals surface area contributed by atoms with Crippen LogP contribution in [0.4, 0.5) is 5.69 Å². The van der Waals surface area contributed by atoms with E-state index in [4.69, 9.17) is 10.5 Å². The van der Waals surface area contributed by atoms with Gasteiger partial charge in [0.05, 0.1) is 5.92 Å². The van der Waals surface area contributed by atoms with Crippen LogP contribution in [0.15, 0.2) is 48.5 Å². The van der Waals surface area contributed by atoms with E-state index in [1.807, 2.05) is 55.5 Å². The second-order valence-corrected chi connectivity index (χ2v) is 7.68. The molecule has 1 amide bonds. The van der Waals surface area contributed by atoms with Crippen molar-refractivity contribution in [3.63, 3.8) is 0 Å². The summed E-state index contributed by atoms with van der Waals surface area (Å²) in [6, 6.07) is 15.9. The van der Waals surface area contributed by atoms with Crippen molar-refractivity contribution >= 4 is 24.0 Å². The van der Waals surface area contributed by atoms with Gasteiger partial charge in [-0.1, -0.05) is 30.3 Å². The van der Waals surface area contributed by atoms with Crippen molar-refractivity contribution in [3.8, 4) is 5.75 Å². The summed E-state index contributed by atoms with van der Waals surface area (Å²) in [4.78, 5) is 12.7. The van der Waals surface area contributed by atoms with E-state index in [0.29, 0.717) is 18.4 Å². The Labute approximate surface area is 166 Å². The fourth-order valence-corrected chi connectivity index (χ4v) is 4.55. The number of hydrogen-bond donors (Lipinski definition) is 2. The minimum atomic E-state index is -0.0397. The normalized spacial score (nSPS) is 25.7. The number of benzene rings is 2. The summed E-state index contributed by atoms with van der Waals surface area (Å²) in [5.74, 6) is 1.84. The maximum atomic E-state index is 12.7. The van der Waals surface area contributed by atoms with Gasteiger partial charge in [-0.05, 0) is 67.3 Å². The molecule has 2 bridgehead atoms. The highest BCUT2D eigenvalue weighted by atomic mass is 35.5. The second kappa shape index (κ2) is 8.32. The summed E-state index contributed by atoms with van der Waals surface area (Å²) < 4.78 is 5.86. The van der Waals surface area contributed by atoms with Gasteiger partial charge in [0.1, 0.15) is 12.4 Å². The van der Waals surface area contributed by atoms with Gasteiger partial charge in [0.15, 0.2) is 0 Å². The molecule has 27 heavy (non-hydrogen) atoms. The third-order valence-electron chi connectivity index (χ3n) is 5.99. The number of fused-ring (bicyclic) bond motifs is 2. The molecule has 5 heteroatoms. The highest BCUT2D eigenvalue weighted by molar-refractivity contribution is 5.94. The molecule has 2 aliphatic carbocycles. The molecule has 2 aromatic carbocycles. The number of nitrogens with two attached hydrogens (primary N) is 1. The van der Waals surface area contributed by atoms with Crippen LogP contribution < -0.4 is 15.8 Å². The number of rotatable bonds is 5. The van der Waals surface area contributed by atoms with E-state index in [-0.39, 0.29) is 30.3 Å². The number of aryl methyl sites for hydroxylation is 1. The number of anilines is 1. The van der Waals surface area contributed by atoms with Crippen molar-refractivity contribution in [1.29, 1.82) is 0 Å². The molecule has 0 radical (unpaired) electrons. The van der Waals surface area contributed by atoms with Gasteiger partial charge in [-0.25, -0.2) is 0 Å². The van der Waals surface area contributed by atoms with Gasteiger partial charge in [0.2, 0.25) is 5.91 Å². The first-order chi connectivity index (χ1) is 12.6. The molecule has 0 spiro atoms. The summed E-state index contributed by atoms with van der Waals surface area (Å²) in [6.45, 7) is 2.53. The zero-order valence-corrected chi connectivity index (χ0v) is 16.4. The van der Waals surface area contributed by atoms with Crippen molar-refractivity contribution in [2.75, 3.05) is 5.32 Å².